The maximum Gasteiger partial charge on any atom is 0.244 e. The SMILES string of the molecule is CN(C)c1ccc(/C=N\NC(=O)[C@H]2[C@@H]3CCCC[C@@]32C)o1. The van der Waals surface area contributed by atoms with E-state index in [0.717, 1.165) is 5.88 Å². The number of rotatable bonds is 4. The summed E-state index contributed by atoms with van der Waals surface area (Å²) in [5, 5.41) is 4.03. The van der Waals surface area contributed by atoms with Gasteiger partial charge in [0, 0.05) is 26.1 Å². The maximum absolute atomic E-state index is 12.2. The second kappa shape index (κ2) is 5.20. The molecule has 0 unspecified atom stereocenters. The van der Waals surface area contributed by atoms with Crippen molar-refractivity contribution in [2.45, 2.75) is 32.6 Å². The number of furan rings is 1. The molecule has 5 nitrogen and oxygen atoms in total. The van der Waals surface area contributed by atoms with E-state index in [1.54, 1.807) is 6.21 Å². The molecule has 5 heteroatoms. The number of fused-ring (bicyclic) bond motifs is 1. The minimum Gasteiger partial charge on any atom is -0.440 e. The molecule has 0 bridgehead atoms. The summed E-state index contributed by atoms with van der Waals surface area (Å²) in [6, 6.07) is 3.71. The highest BCUT2D eigenvalue weighted by Crippen LogP contribution is 2.66. The molecule has 21 heavy (non-hydrogen) atoms. The molecule has 1 aromatic heterocycles. The third-order valence-corrected chi connectivity index (χ3v) is 5.03. The smallest absolute Gasteiger partial charge is 0.244 e. The molecule has 114 valence electrons. The van der Waals surface area contributed by atoms with Crippen LogP contribution < -0.4 is 10.3 Å². The van der Waals surface area contributed by atoms with E-state index in [9.17, 15) is 4.79 Å². The monoisotopic (exact) mass is 289 g/mol. The fourth-order valence-corrected chi connectivity index (χ4v) is 3.73. The first-order valence-electron chi connectivity index (χ1n) is 7.62. The van der Waals surface area contributed by atoms with Crippen molar-refractivity contribution in [2.24, 2.45) is 22.4 Å². The van der Waals surface area contributed by atoms with Crippen LogP contribution in [0.4, 0.5) is 5.88 Å². The van der Waals surface area contributed by atoms with Gasteiger partial charge in [-0.3, -0.25) is 4.79 Å². The second-order valence-electron chi connectivity index (χ2n) is 6.64. The molecule has 2 saturated carbocycles. The Labute approximate surface area is 125 Å². The highest BCUT2D eigenvalue weighted by molar-refractivity contribution is 5.85. The Morgan fingerprint density at radius 1 is 1.48 bits per heavy atom. The van der Waals surface area contributed by atoms with Gasteiger partial charge in [-0.25, -0.2) is 5.43 Å². The third kappa shape index (κ3) is 2.57. The van der Waals surface area contributed by atoms with Crippen LogP contribution in [-0.4, -0.2) is 26.2 Å². The fraction of sp³-hybridized carbons (Fsp3) is 0.625. The molecule has 2 aliphatic carbocycles. The van der Waals surface area contributed by atoms with Crippen LogP contribution in [0.15, 0.2) is 21.7 Å². The van der Waals surface area contributed by atoms with Gasteiger partial charge in [0.15, 0.2) is 5.88 Å². The van der Waals surface area contributed by atoms with Crippen molar-refractivity contribution in [3.05, 3.63) is 17.9 Å². The summed E-state index contributed by atoms with van der Waals surface area (Å²) in [5.74, 6) is 2.17. The average molecular weight is 289 g/mol. The van der Waals surface area contributed by atoms with E-state index in [2.05, 4.69) is 17.5 Å². The Morgan fingerprint density at radius 3 is 2.90 bits per heavy atom. The number of carbonyl (C=O) groups excluding carboxylic acids is 1. The molecule has 0 aromatic carbocycles. The molecule has 0 saturated heterocycles. The summed E-state index contributed by atoms with van der Waals surface area (Å²) in [6.07, 6.45) is 6.42. The number of amides is 1. The summed E-state index contributed by atoms with van der Waals surface area (Å²) in [7, 11) is 3.83. The number of hydrogen-bond donors (Lipinski definition) is 1. The van der Waals surface area contributed by atoms with Crippen LogP contribution in [0.3, 0.4) is 0 Å². The van der Waals surface area contributed by atoms with E-state index in [1.807, 2.05) is 31.1 Å². The van der Waals surface area contributed by atoms with Crippen LogP contribution in [0.5, 0.6) is 0 Å². The van der Waals surface area contributed by atoms with Crippen molar-refractivity contribution in [3.63, 3.8) is 0 Å². The zero-order valence-corrected chi connectivity index (χ0v) is 12.9. The van der Waals surface area contributed by atoms with Crippen LogP contribution in [-0.2, 0) is 4.79 Å². The molecule has 3 rings (SSSR count). The minimum atomic E-state index is 0.0556. The van der Waals surface area contributed by atoms with E-state index in [1.165, 1.54) is 25.7 Å². The van der Waals surface area contributed by atoms with Crippen molar-refractivity contribution >= 4 is 18.0 Å². The van der Waals surface area contributed by atoms with Gasteiger partial charge in [0.1, 0.15) is 5.76 Å². The van der Waals surface area contributed by atoms with E-state index >= 15 is 0 Å². The van der Waals surface area contributed by atoms with E-state index in [-0.39, 0.29) is 17.2 Å². The normalized spacial score (nSPS) is 31.0. The van der Waals surface area contributed by atoms with Gasteiger partial charge >= 0.3 is 0 Å². The van der Waals surface area contributed by atoms with Gasteiger partial charge in [0.25, 0.3) is 0 Å². The van der Waals surface area contributed by atoms with Crippen LogP contribution in [0, 0.1) is 17.3 Å². The fourth-order valence-electron chi connectivity index (χ4n) is 3.73. The maximum atomic E-state index is 12.2. The molecule has 1 heterocycles. The summed E-state index contributed by atoms with van der Waals surface area (Å²) in [6.45, 7) is 2.24. The lowest BCUT2D eigenvalue weighted by molar-refractivity contribution is -0.123. The Bertz CT molecular complexity index is 564. The van der Waals surface area contributed by atoms with Gasteiger partial charge in [0.05, 0.1) is 6.21 Å². The molecule has 1 N–H and O–H groups in total. The van der Waals surface area contributed by atoms with Crippen molar-refractivity contribution in [1.29, 1.82) is 0 Å². The predicted molar refractivity (Wildman–Crippen MR) is 82.3 cm³/mol. The highest BCUT2D eigenvalue weighted by Gasteiger charge is 2.64. The molecule has 2 aliphatic rings. The van der Waals surface area contributed by atoms with Gasteiger partial charge in [-0.05, 0) is 30.2 Å². The van der Waals surface area contributed by atoms with E-state index in [4.69, 9.17) is 4.42 Å². The standard InChI is InChI=1S/C16H23N3O2/c1-16-9-5-4-6-12(16)14(16)15(20)18-17-10-11-7-8-13(21-11)19(2)3/h7-8,10,12,14H,4-6,9H2,1-3H3,(H,18,20)/b17-10-/t12-,14+,16-/m0/s1. The van der Waals surface area contributed by atoms with Gasteiger partial charge in [0.2, 0.25) is 5.91 Å². The zero-order chi connectivity index (χ0) is 15.0. The van der Waals surface area contributed by atoms with Crippen LogP contribution >= 0.6 is 0 Å². The van der Waals surface area contributed by atoms with Crippen LogP contribution in [0.2, 0.25) is 0 Å². The lowest BCUT2D eigenvalue weighted by Crippen LogP contribution is -2.22. The Balaban J connectivity index is 1.55. The number of nitrogens with zero attached hydrogens (tertiary/aromatic N) is 2. The number of hydrazone groups is 1. The van der Waals surface area contributed by atoms with Crippen LogP contribution in [0.1, 0.15) is 38.4 Å². The third-order valence-electron chi connectivity index (χ3n) is 5.03. The second-order valence-corrected chi connectivity index (χ2v) is 6.64. The number of hydrogen-bond acceptors (Lipinski definition) is 4. The first-order chi connectivity index (χ1) is 10.0. The van der Waals surface area contributed by atoms with Crippen molar-refractivity contribution < 1.29 is 9.21 Å². The van der Waals surface area contributed by atoms with Gasteiger partial charge in [-0.15, -0.1) is 0 Å². The summed E-state index contributed by atoms with van der Waals surface area (Å²) in [4.78, 5) is 14.1. The molecule has 1 amide bonds. The lowest BCUT2D eigenvalue weighted by Gasteiger charge is -2.15. The molecule has 0 spiro atoms. The first-order valence-corrected chi connectivity index (χ1v) is 7.62. The largest absolute Gasteiger partial charge is 0.440 e. The summed E-state index contributed by atoms with van der Waals surface area (Å²) < 4.78 is 5.54. The summed E-state index contributed by atoms with van der Waals surface area (Å²) in [5.41, 5.74) is 2.89. The number of carbonyl (C=O) groups is 1. The van der Waals surface area contributed by atoms with Gasteiger partial charge < -0.3 is 9.32 Å². The Morgan fingerprint density at radius 2 is 2.29 bits per heavy atom. The molecule has 0 radical (unpaired) electrons. The Kier molecular flexibility index (Phi) is 3.51. The van der Waals surface area contributed by atoms with Gasteiger partial charge in [-0.1, -0.05) is 19.8 Å². The molecule has 1 aromatic rings. The summed E-state index contributed by atoms with van der Waals surface area (Å²) >= 11 is 0. The molecule has 2 fully saturated rings. The van der Waals surface area contributed by atoms with E-state index < -0.39 is 0 Å². The number of anilines is 1. The molecular formula is C16H23N3O2. The lowest BCUT2D eigenvalue weighted by atomic mass is 9.90. The van der Waals surface area contributed by atoms with Crippen molar-refractivity contribution in [1.82, 2.24) is 5.43 Å². The zero-order valence-electron chi connectivity index (χ0n) is 12.9. The van der Waals surface area contributed by atoms with Crippen molar-refractivity contribution in [3.8, 4) is 0 Å². The Hall–Kier alpha value is -1.78. The average Bonchev–Trinajstić information content (AvgIpc) is 2.80. The molecular weight excluding hydrogens is 266 g/mol. The van der Waals surface area contributed by atoms with Gasteiger partial charge in [-0.2, -0.15) is 5.10 Å². The first kappa shape index (κ1) is 14.2. The predicted octanol–water partition coefficient (Wildman–Crippen LogP) is 2.62. The molecule has 0 aliphatic heterocycles. The van der Waals surface area contributed by atoms with E-state index in [0.29, 0.717) is 11.7 Å². The quantitative estimate of drug-likeness (QED) is 0.684. The highest BCUT2D eigenvalue weighted by atomic mass is 16.4. The number of nitrogens with one attached hydrogen (secondary N) is 1. The van der Waals surface area contributed by atoms with Crippen LogP contribution in [0.25, 0.3) is 0 Å². The minimum absolute atomic E-state index is 0.0556. The molecule has 3 atom stereocenters. The topological polar surface area (TPSA) is 57.8 Å². The van der Waals surface area contributed by atoms with Crippen molar-refractivity contribution in [2.75, 3.05) is 19.0 Å².